The summed E-state index contributed by atoms with van der Waals surface area (Å²) in [5.41, 5.74) is 4.29. The molecule has 1 aliphatic carbocycles. The Morgan fingerprint density at radius 2 is 1.61 bits per heavy atom. The monoisotopic (exact) mass is 470 g/mol. The minimum Gasteiger partial charge on any atom is -0.481 e. The number of hydrogen-bond acceptors (Lipinski definition) is 5. The largest absolute Gasteiger partial charge is 0.481 e. The first-order chi connectivity index (χ1) is 15.9. The number of nitrogens with zero attached hydrogens (tertiary/aromatic N) is 1. The Labute approximate surface area is 192 Å². The Balaban J connectivity index is 1.45. The average Bonchev–Trinajstić information content (AvgIpc) is 3.36. The van der Waals surface area contributed by atoms with Crippen LogP contribution < -0.4 is 5.32 Å². The fraction of sp³-hybridized carbons (Fsp3) is 0.375. The van der Waals surface area contributed by atoms with Crippen molar-refractivity contribution in [3.05, 3.63) is 59.7 Å². The molecule has 2 N–H and O–H groups in total. The number of alkyl carbamates (subject to hydrolysis) is 1. The number of carbonyl (C=O) groups excluding carboxylic acids is 2. The highest BCUT2D eigenvalue weighted by Gasteiger charge is 2.30. The van der Waals surface area contributed by atoms with Gasteiger partial charge >= 0.3 is 12.1 Å². The Morgan fingerprint density at radius 1 is 1.03 bits per heavy atom. The maximum absolute atomic E-state index is 12.6. The van der Waals surface area contributed by atoms with E-state index >= 15 is 0 Å². The van der Waals surface area contributed by atoms with Crippen molar-refractivity contribution >= 4 is 27.7 Å². The molecule has 1 saturated heterocycles. The zero-order valence-electron chi connectivity index (χ0n) is 18.1. The molecule has 2 amide bonds. The highest BCUT2D eigenvalue weighted by Crippen LogP contribution is 2.44. The molecule has 174 valence electrons. The maximum atomic E-state index is 12.6. The van der Waals surface area contributed by atoms with Crippen molar-refractivity contribution in [3.8, 4) is 11.1 Å². The third-order valence-corrected chi connectivity index (χ3v) is 8.38. The summed E-state index contributed by atoms with van der Waals surface area (Å²) in [6.07, 6.45) is 0.135. The molecule has 1 aliphatic heterocycles. The fourth-order valence-corrected chi connectivity index (χ4v) is 6.54. The van der Waals surface area contributed by atoms with Gasteiger partial charge in [0.2, 0.25) is 0 Å². The lowest BCUT2D eigenvalue weighted by Gasteiger charge is -2.18. The van der Waals surface area contributed by atoms with E-state index in [0.29, 0.717) is 11.5 Å². The van der Waals surface area contributed by atoms with Gasteiger partial charge in [-0.05, 0) is 41.5 Å². The summed E-state index contributed by atoms with van der Waals surface area (Å²) >= 11 is 0. The number of carboxylic acids is 1. The summed E-state index contributed by atoms with van der Waals surface area (Å²) in [6.45, 7) is 0.0631. The van der Waals surface area contributed by atoms with Gasteiger partial charge in [-0.1, -0.05) is 48.5 Å². The summed E-state index contributed by atoms with van der Waals surface area (Å²) < 4.78 is 21.9. The molecule has 0 saturated carbocycles. The van der Waals surface area contributed by atoms with E-state index in [1.165, 1.54) is 0 Å². The molecule has 4 rings (SSSR count). The van der Waals surface area contributed by atoms with Crippen molar-refractivity contribution < 1.29 is 28.4 Å². The molecule has 1 fully saturated rings. The second kappa shape index (κ2) is 9.74. The zero-order valence-corrected chi connectivity index (χ0v) is 18.9. The molecule has 0 bridgehead atoms. The van der Waals surface area contributed by atoms with Crippen molar-refractivity contribution in [2.45, 2.75) is 37.6 Å². The molecular formula is C24H26N2O6S. The second-order valence-electron chi connectivity index (χ2n) is 8.27. The third kappa shape index (κ3) is 5.24. The lowest BCUT2D eigenvalue weighted by molar-refractivity contribution is -0.137. The van der Waals surface area contributed by atoms with Crippen LogP contribution in [0.15, 0.2) is 52.9 Å². The Morgan fingerprint density at radius 3 is 2.18 bits per heavy atom. The van der Waals surface area contributed by atoms with E-state index in [1.807, 2.05) is 48.5 Å². The van der Waals surface area contributed by atoms with Crippen LogP contribution in [-0.2, 0) is 24.1 Å². The van der Waals surface area contributed by atoms with Crippen molar-refractivity contribution in [2.24, 2.45) is 4.36 Å². The van der Waals surface area contributed by atoms with Crippen LogP contribution in [0.4, 0.5) is 4.79 Å². The molecule has 2 aromatic carbocycles. The third-order valence-electron chi connectivity index (χ3n) is 6.01. The smallest absolute Gasteiger partial charge is 0.407 e. The number of nitrogens with one attached hydrogen (secondary N) is 1. The van der Waals surface area contributed by atoms with Gasteiger partial charge in [-0.2, -0.15) is 4.36 Å². The summed E-state index contributed by atoms with van der Waals surface area (Å²) in [5, 5.41) is 11.4. The Kier molecular flexibility index (Phi) is 6.78. The predicted molar refractivity (Wildman–Crippen MR) is 123 cm³/mol. The number of ether oxygens (including phenoxy) is 1. The van der Waals surface area contributed by atoms with Crippen LogP contribution in [0.1, 0.15) is 42.7 Å². The van der Waals surface area contributed by atoms with Crippen LogP contribution >= 0.6 is 0 Å². The lowest BCUT2D eigenvalue weighted by atomic mass is 9.98. The second-order valence-corrected chi connectivity index (χ2v) is 10.8. The van der Waals surface area contributed by atoms with Crippen LogP contribution in [0.2, 0.25) is 0 Å². The fourth-order valence-electron chi connectivity index (χ4n) is 4.38. The first kappa shape index (κ1) is 23.0. The van der Waals surface area contributed by atoms with Crippen LogP contribution in [-0.4, -0.2) is 51.4 Å². The van der Waals surface area contributed by atoms with E-state index in [-0.39, 0.29) is 25.4 Å². The van der Waals surface area contributed by atoms with Gasteiger partial charge < -0.3 is 15.2 Å². The van der Waals surface area contributed by atoms with Crippen LogP contribution in [0, 0.1) is 0 Å². The lowest BCUT2D eigenvalue weighted by Crippen LogP contribution is -2.41. The normalized spacial score (nSPS) is 17.0. The first-order valence-electron chi connectivity index (χ1n) is 11.0. The van der Waals surface area contributed by atoms with Gasteiger partial charge in [0, 0.05) is 23.8 Å². The highest BCUT2D eigenvalue weighted by atomic mass is 32.2. The molecule has 33 heavy (non-hydrogen) atoms. The van der Waals surface area contributed by atoms with E-state index in [9.17, 15) is 18.6 Å². The van der Waals surface area contributed by atoms with Gasteiger partial charge in [0.15, 0.2) is 0 Å². The summed E-state index contributed by atoms with van der Waals surface area (Å²) in [7, 11) is -2.63. The van der Waals surface area contributed by atoms with Crippen molar-refractivity contribution in [1.29, 1.82) is 0 Å². The minimum atomic E-state index is -2.63. The number of aliphatic carboxylic acids is 1. The van der Waals surface area contributed by atoms with Gasteiger partial charge in [0.1, 0.15) is 12.6 Å². The summed E-state index contributed by atoms with van der Waals surface area (Å²) in [4.78, 5) is 36.2. The quantitative estimate of drug-likeness (QED) is 0.638. The standard InChI is InChI=1S/C24H26N2O6S/c27-22(28)12-11-21(23(29)26-33(31)13-5-6-14-33)25-24(30)32-15-20-18-9-3-1-7-16(18)17-8-2-4-10-19(17)20/h1-4,7-10,20-21H,5-6,11-15H2,(H,25,30)(H,27,28). The number of fused-ring (bicyclic) bond motifs is 3. The molecule has 1 atom stereocenters. The highest BCUT2D eigenvalue weighted by molar-refractivity contribution is 7.94. The molecule has 9 heteroatoms. The maximum Gasteiger partial charge on any atom is 0.407 e. The zero-order chi connectivity index (χ0) is 23.4. The van der Waals surface area contributed by atoms with E-state index in [2.05, 4.69) is 9.68 Å². The molecule has 0 radical (unpaired) electrons. The summed E-state index contributed by atoms with van der Waals surface area (Å²) in [5.74, 6) is -1.33. The molecule has 1 heterocycles. The number of benzene rings is 2. The van der Waals surface area contributed by atoms with Crippen molar-refractivity contribution in [3.63, 3.8) is 0 Å². The SMILES string of the molecule is O=C(O)CCC(NC(=O)OCC1c2ccccc2-c2ccccc21)C(=O)N=S1(=O)CCCC1. The number of carbonyl (C=O) groups is 3. The van der Waals surface area contributed by atoms with E-state index in [4.69, 9.17) is 9.84 Å². The van der Waals surface area contributed by atoms with Gasteiger partial charge in [-0.25, -0.2) is 9.00 Å². The molecule has 2 aliphatic rings. The number of hydrogen-bond donors (Lipinski definition) is 2. The van der Waals surface area contributed by atoms with E-state index < -0.39 is 33.7 Å². The first-order valence-corrected chi connectivity index (χ1v) is 12.8. The number of rotatable bonds is 7. The summed E-state index contributed by atoms with van der Waals surface area (Å²) in [6, 6.07) is 14.6. The molecular weight excluding hydrogens is 444 g/mol. The van der Waals surface area contributed by atoms with Crippen molar-refractivity contribution in [2.75, 3.05) is 18.1 Å². The van der Waals surface area contributed by atoms with Crippen LogP contribution in [0.3, 0.4) is 0 Å². The van der Waals surface area contributed by atoms with Gasteiger partial charge in [0.25, 0.3) is 5.91 Å². The van der Waals surface area contributed by atoms with E-state index in [1.54, 1.807) is 0 Å². The Bertz CT molecular complexity index is 1140. The van der Waals surface area contributed by atoms with Crippen LogP contribution in [0.25, 0.3) is 11.1 Å². The van der Waals surface area contributed by atoms with Gasteiger partial charge in [-0.15, -0.1) is 0 Å². The predicted octanol–water partition coefficient (Wildman–Crippen LogP) is 3.55. The molecule has 1 unspecified atom stereocenters. The number of amides is 2. The molecule has 2 aromatic rings. The van der Waals surface area contributed by atoms with E-state index in [0.717, 1.165) is 35.1 Å². The molecule has 8 nitrogen and oxygen atoms in total. The minimum absolute atomic E-state index is 0.0631. The van der Waals surface area contributed by atoms with Gasteiger partial charge in [0.05, 0.1) is 9.73 Å². The molecule has 0 aromatic heterocycles. The Hall–Kier alpha value is -3.20. The topological polar surface area (TPSA) is 122 Å². The number of carboxylic acid groups (broad SMARTS) is 1. The van der Waals surface area contributed by atoms with Gasteiger partial charge in [-0.3, -0.25) is 9.59 Å². The molecule has 0 spiro atoms. The van der Waals surface area contributed by atoms with Crippen molar-refractivity contribution in [1.82, 2.24) is 5.32 Å². The van der Waals surface area contributed by atoms with Crippen LogP contribution in [0.5, 0.6) is 0 Å². The average molecular weight is 471 g/mol.